The van der Waals surface area contributed by atoms with Gasteiger partial charge in [-0.3, -0.25) is 4.79 Å². The maximum Gasteiger partial charge on any atom is 0.240 e. The molecule has 0 radical (unpaired) electrons. The first-order chi connectivity index (χ1) is 10.2. The van der Waals surface area contributed by atoms with Crippen molar-refractivity contribution in [3.8, 4) is 6.07 Å². The predicted octanol–water partition coefficient (Wildman–Crippen LogP) is 3.52. The highest BCUT2D eigenvalue weighted by molar-refractivity contribution is 5.86. The molecule has 3 nitrogen and oxygen atoms in total. The fourth-order valence-corrected chi connectivity index (χ4v) is 3.45. The molecule has 2 saturated carbocycles. The Kier molecular flexibility index (Phi) is 3.96. The molecule has 2 aliphatic carbocycles. The van der Waals surface area contributed by atoms with Gasteiger partial charge in [0, 0.05) is 12.0 Å². The summed E-state index contributed by atoms with van der Waals surface area (Å²) in [5.74, 6) is 0.395. The number of hydrogen-bond acceptors (Lipinski definition) is 2. The lowest BCUT2D eigenvalue weighted by Crippen LogP contribution is -2.41. The van der Waals surface area contributed by atoms with Crippen molar-refractivity contribution >= 4 is 5.91 Å². The summed E-state index contributed by atoms with van der Waals surface area (Å²) < 4.78 is 0. The van der Waals surface area contributed by atoms with Crippen LogP contribution in [0.2, 0.25) is 0 Å². The van der Waals surface area contributed by atoms with Crippen LogP contribution in [0, 0.1) is 16.7 Å². The van der Waals surface area contributed by atoms with E-state index in [0.29, 0.717) is 5.92 Å². The van der Waals surface area contributed by atoms with Crippen molar-refractivity contribution in [2.45, 2.75) is 56.9 Å². The average Bonchev–Trinajstić information content (AvgIpc) is 3.31. The Morgan fingerprint density at radius 1 is 1.14 bits per heavy atom. The second-order valence-electron chi connectivity index (χ2n) is 6.44. The van der Waals surface area contributed by atoms with Crippen LogP contribution in [0.15, 0.2) is 30.3 Å². The fourth-order valence-electron chi connectivity index (χ4n) is 3.45. The molecule has 0 aromatic heterocycles. The Balaban J connectivity index is 1.63. The van der Waals surface area contributed by atoms with Gasteiger partial charge in [-0.2, -0.15) is 5.26 Å². The van der Waals surface area contributed by atoms with Crippen LogP contribution >= 0.6 is 0 Å². The Labute approximate surface area is 126 Å². The molecule has 110 valence electrons. The number of nitrogens with zero attached hydrogens (tertiary/aromatic N) is 1. The molecule has 2 atom stereocenters. The third-order valence-electron chi connectivity index (χ3n) is 4.94. The molecule has 0 heterocycles. The van der Waals surface area contributed by atoms with Crippen molar-refractivity contribution in [2.24, 2.45) is 5.41 Å². The van der Waals surface area contributed by atoms with Crippen molar-refractivity contribution in [2.75, 3.05) is 0 Å². The zero-order chi connectivity index (χ0) is 14.7. The molecule has 3 rings (SSSR count). The van der Waals surface area contributed by atoms with Gasteiger partial charge in [-0.05, 0) is 24.8 Å². The van der Waals surface area contributed by atoms with E-state index in [1.165, 1.54) is 5.56 Å². The van der Waals surface area contributed by atoms with Crippen LogP contribution in [0.1, 0.15) is 56.4 Å². The maximum atomic E-state index is 12.6. The van der Waals surface area contributed by atoms with Gasteiger partial charge in [0.1, 0.15) is 5.41 Å². The van der Waals surface area contributed by atoms with Crippen LogP contribution in [0.3, 0.4) is 0 Å². The quantitative estimate of drug-likeness (QED) is 0.862. The highest BCUT2D eigenvalue weighted by atomic mass is 16.2. The summed E-state index contributed by atoms with van der Waals surface area (Å²) in [4.78, 5) is 12.6. The van der Waals surface area contributed by atoms with E-state index >= 15 is 0 Å². The topological polar surface area (TPSA) is 52.9 Å². The van der Waals surface area contributed by atoms with Gasteiger partial charge in [0.2, 0.25) is 5.91 Å². The van der Waals surface area contributed by atoms with Crippen LogP contribution in [0.25, 0.3) is 0 Å². The minimum Gasteiger partial charge on any atom is -0.351 e. The van der Waals surface area contributed by atoms with Crippen LogP contribution < -0.4 is 5.32 Å². The van der Waals surface area contributed by atoms with Gasteiger partial charge in [0.05, 0.1) is 6.07 Å². The third-order valence-corrected chi connectivity index (χ3v) is 4.94. The minimum absolute atomic E-state index is 0.0321. The van der Waals surface area contributed by atoms with Crippen LogP contribution in [-0.4, -0.2) is 11.9 Å². The monoisotopic (exact) mass is 282 g/mol. The lowest BCUT2D eigenvalue weighted by molar-refractivity contribution is -0.129. The molecule has 3 heteroatoms. The van der Waals surface area contributed by atoms with E-state index in [4.69, 9.17) is 0 Å². The summed E-state index contributed by atoms with van der Waals surface area (Å²) >= 11 is 0. The van der Waals surface area contributed by atoms with Crippen LogP contribution in [-0.2, 0) is 4.79 Å². The molecule has 2 unspecified atom stereocenters. The lowest BCUT2D eigenvalue weighted by atomic mass is 9.81. The van der Waals surface area contributed by atoms with E-state index in [-0.39, 0.29) is 11.9 Å². The van der Waals surface area contributed by atoms with E-state index in [2.05, 4.69) is 23.5 Å². The number of nitrogens with one attached hydrogen (secondary N) is 1. The third kappa shape index (κ3) is 2.95. The molecule has 2 fully saturated rings. The molecular formula is C18H22N2O. The molecule has 1 N–H and O–H groups in total. The minimum atomic E-state index is -0.777. The van der Waals surface area contributed by atoms with Crippen LogP contribution in [0.4, 0.5) is 0 Å². The molecule has 0 saturated heterocycles. The number of amides is 1. The second-order valence-corrected chi connectivity index (χ2v) is 6.44. The van der Waals surface area contributed by atoms with Gasteiger partial charge in [-0.1, -0.05) is 56.0 Å². The number of benzene rings is 1. The summed E-state index contributed by atoms with van der Waals surface area (Å²) in [6.45, 7) is 0. The van der Waals surface area contributed by atoms with E-state index in [9.17, 15) is 10.1 Å². The summed E-state index contributed by atoms with van der Waals surface area (Å²) in [5.41, 5.74) is 0.509. The maximum absolute atomic E-state index is 12.6. The standard InChI is InChI=1S/C18H22N2O/c19-13-18(10-6-1-2-7-11-18)17(21)20-16-12-15(16)14-8-4-3-5-9-14/h3-5,8-9,15-16H,1-2,6-7,10-12H2,(H,20,21). The smallest absolute Gasteiger partial charge is 0.240 e. The highest BCUT2D eigenvalue weighted by Gasteiger charge is 2.45. The zero-order valence-electron chi connectivity index (χ0n) is 12.3. The molecule has 0 aliphatic heterocycles. The lowest BCUT2D eigenvalue weighted by Gasteiger charge is -2.23. The van der Waals surface area contributed by atoms with E-state index in [1.54, 1.807) is 0 Å². The van der Waals surface area contributed by atoms with Gasteiger partial charge < -0.3 is 5.32 Å². The molecule has 1 amide bonds. The normalized spacial score (nSPS) is 27.2. The Bertz CT molecular complexity index is 538. The number of carbonyl (C=O) groups is 1. The van der Waals surface area contributed by atoms with Gasteiger partial charge in [0.25, 0.3) is 0 Å². The number of carbonyl (C=O) groups excluding carboxylic acids is 1. The zero-order valence-corrected chi connectivity index (χ0v) is 12.3. The van der Waals surface area contributed by atoms with Crippen LogP contribution in [0.5, 0.6) is 0 Å². The summed E-state index contributed by atoms with van der Waals surface area (Å²) in [5, 5.41) is 12.7. The van der Waals surface area contributed by atoms with E-state index < -0.39 is 5.41 Å². The van der Waals surface area contributed by atoms with E-state index in [0.717, 1.165) is 44.9 Å². The number of nitriles is 1. The molecule has 2 aliphatic rings. The van der Waals surface area contributed by atoms with Crippen molar-refractivity contribution in [3.63, 3.8) is 0 Å². The molecular weight excluding hydrogens is 260 g/mol. The van der Waals surface area contributed by atoms with Crippen molar-refractivity contribution in [3.05, 3.63) is 35.9 Å². The largest absolute Gasteiger partial charge is 0.351 e. The van der Waals surface area contributed by atoms with Crippen molar-refractivity contribution in [1.29, 1.82) is 5.26 Å². The van der Waals surface area contributed by atoms with Crippen molar-refractivity contribution in [1.82, 2.24) is 5.32 Å². The Morgan fingerprint density at radius 3 is 2.43 bits per heavy atom. The molecule has 21 heavy (non-hydrogen) atoms. The fraction of sp³-hybridized carbons (Fsp3) is 0.556. The Hall–Kier alpha value is -1.82. The first-order valence-corrected chi connectivity index (χ1v) is 8.02. The number of hydrogen-bond donors (Lipinski definition) is 1. The SMILES string of the molecule is N#CC1(C(=O)NC2CC2c2ccccc2)CCCCCC1. The van der Waals surface area contributed by atoms with Gasteiger partial charge in [-0.25, -0.2) is 0 Å². The second kappa shape index (κ2) is 5.89. The molecule has 0 spiro atoms. The molecule has 1 aromatic carbocycles. The molecule has 0 bridgehead atoms. The molecule has 1 aromatic rings. The van der Waals surface area contributed by atoms with Gasteiger partial charge >= 0.3 is 0 Å². The van der Waals surface area contributed by atoms with Gasteiger partial charge in [0.15, 0.2) is 0 Å². The van der Waals surface area contributed by atoms with Gasteiger partial charge in [-0.15, -0.1) is 0 Å². The summed E-state index contributed by atoms with van der Waals surface area (Å²) in [6, 6.07) is 12.9. The van der Waals surface area contributed by atoms with Crippen molar-refractivity contribution < 1.29 is 4.79 Å². The average molecular weight is 282 g/mol. The first-order valence-electron chi connectivity index (χ1n) is 8.02. The summed E-state index contributed by atoms with van der Waals surface area (Å²) in [6.07, 6.45) is 6.72. The number of rotatable bonds is 3. The van der Waals surface area contributed by atoms with E-state index in [1.807, 2.05) is 18.2 Å². The first kappa shape index (κ1) is 14.1. The Morgan fingerprint density at radius 2 is 1.81 bits per heavy atom. The highest BCUT2D eigenvalue weighted by Crippen LogP contribution is 2.42. The summed E-state index contributed by atoms with van der Waals surface area (Å²) in [7, 11) is 0. The predicted molar refractivity (Wildman–Crippen MR) is 81.5 cm³/mol.